The van der Waals surface area contributed by atoms with E-state index in [-0.39, 0.29) is 11.8 Å². The number of hydrogen-bond donors (Lipinski definition) is 2. The lowest BCUT2D eigenvalue weighted by Crippen LogP contribution is -2.00. The molecule has 4 aromatic rings. The fourth-order valence-electron chi connectivity index (χ4n) is 3.19. The Hall–Kier alpha value is -3.55. The van der Waals surface area contributed by atoms with E-state index in [0.29, 0.717) is 18.7 Å². The summed E-state index contributed by atoms with van der Waals surface area (Å²) in [6, 6.07) is 12.1. The van der Waals surface area contributed by atoms with Crippen LogP contribution in [-0.2, 0) is 16.0 Å². The molecule has 0 saturated heterocycles. The van der Waals surface area contributed by atoms with Gasteiger partial charge in [0.15, 0.2) is 5.82 Å². The van der Waals surface area contributed by atoms with E-state index in [0.717, 1.165) is 46.4 Å². The number of rotatable bonds is 7. The molecular weight excluding hydrogens is 373 g/mol. The first-order valence-electron chi connectivity index (χ1n) is 9.37. The van der Waals surface area contributed by atoms with Crippen LogP contribution in [-0.4, -0.2) is 38.5 Å². The Morgan fingerprint density at radius 2 is 1.86 bits per heavy atom. The van der Waals surface area contributed by atoms with Crippen LogP contribution in [0.15, 0.2) is 42.5 Å². The third-order valence-corrected chi connectivity index (χ3v) is 4.76. The third-order valence-electron chi connectivity index (χ3n) is 4.76. The quantitative estimate of drug-likeness (QED) is 0.365. The Kier molecular flexibility index (Phi) is 5.33. The number of carbonyl (C=O) groups excluding carboxylic acids is 1. The van der Waals surface area contributed by atoms with E-state index in [4.69, 9.17) is 0 Å². The molecule has 0 aliphatic carbocycles. The first-order chi connectivity index (χ1) is 14.1. The van der Waals surface area contributed by atoms with E-state index in [1.165, 1.54) is 19.2 Å². The summed E-state index contributed by atoms with van der Waals surface area (Å²) in [5, 5.41) is 16.7. The van der Waals surface area contributed by atoms with Crippen LogP contribution in [0.3, 0.4) is 0 Å². The third kappa shape index (κ3) is 4.16. The number of nitrogens with one attached hydrogen (secondary N) is 2. The predicted octanol–water partition coefficient (Wildman–Crippen LogP) is 4.04. The number of hydrogen-bond acceptors (Lipinski definition) is 5. The van der Waals surface area contributed by atoms with Crippen LogP contribution in [0.2, 0.25) is 0 Å². The van der Waals surface area contributed by atoms with Gasteiger partial charge in [0.25, 0.3) is 0 Å². The van der Waals surface area contributed by atoms with Gasteiger partial charge in [0.1, 0.15) is 11.6 Å². The van der Waals surface area contributed by atoms with Crippen molar-refractivity contribution in [2.24, 2.45) is 0 Å². The SMILES string of the molecule is COC(=O)CCCCc1nnc(-c2ccc3[nH]nc(-c4ccc(F)cc4)c3c2)[nH]1. The number of ether oxygens (including phenoxy) is 1. The van der Waals surface area contributed by atoms with Crippen LogP contribution in [0.4, 0.5) is 4.39 Å². The van der Waals surface area contributed by atoms with Gasteiger partial charge in [-0.2, -0.15) is 5.10 Å². The molecule has 0 atom stereocenters. The number of aromatic amines is 2. The molecule has 2 N–H and O–H groups in total. The highest BCUT2D eigenvalue weighted by atomic mass is 19.1. The summed E-state index contributed by atoms with van der Waals surface area (Å²) < 4.78 is 17.9. The van der Waals surface area contributed by atoms with Crippen LogP contribution < -0.4 is 0 Å². The number of esters is 1. The Morgan fingerprint density at radius 1 is 1.07 bits per heavy atom. The number of halogens is 1. The molecule has 148 valence electrons. The number of carbonyl (C=O) groups is 1. The van der Waals surface area contributed by atoms with Crippen molar-refractivity contribution in [2.45, 2.75) is 25.7 Å². The van der Waals surface area contributed by atoms with Gasteiger partial charge in [0.05, 0.1) is 18.3 Å². The van der Waals surface area contributed by atoms with E-state index in [1.54, 1.807) is 12.1 Å². The van der Waals surface area contributed by atoms with Crippen molar-refractivity contribution in [3.05, 3.63) is 54.1 Å². The Labute approximate surface area is 166 Å². The molecule has 0 bridgehead atoms. The first-order valence-corrected chi connectivity index (χ1v) is 9.37. The Balaban J connectivity index is 1.52. The fourth-order valence-corrected chi connectivity index (χ4v) is 3.19. The summed E-state index contributed by atoms with van der Waals surface area (Å²) in [5.74, 6) is 0.959. The molecule has 29 heavy (non-hydrogen) atoms. The molecule has 0 aliphatic rings. The number of nitrogens with zero attached hydrogens (tertiary/aromatic N) is 3. The van der Waals surface area contributed by atoms with Gasteiger partial charge in [-0.05, 0) is 55.3 Å². The molecule has 2 aromatic carbocycles. The van der Waals surface area contributed by atoms with Crippen molar-refractivity contribution in [3.63, 3.8) is 0 Å². The number of unbranched alkanes of at least 4 members (excludes halogenated alkanes) is 1. The summed E-state index contributed by atoms with van der Waals surface area (Å²) in [6.07, 6.45) is 2.67. The van der Waals surface area contributed by atoms with Crippen LogP contribution in [0, 0.1) is 5.82 Å². The Bertz CT molecular complexity index is 1130. The lowest BCUT2D eigenvalue weighted by molar-refractivity contribution is -0.140. The van der Waals surface area contributed by atoms with Gasteiger partial charge in [-0.15, -0.1) is 10.2 Å². The molecule has 0 aliphatic heterocycles. The maximum absolute atomic E-state index is 13.2. The van der Waals surface area contributed by atoms with E-state index in [1.807, 2.05) is 18.2 Å². The van der Waals surface area contributed by atoms with E-state index < -0.39 is 0 Å². The van der Waals surface area contributed by atoms with Gasteiger partial charge in [-0.1, -0.05) is 0 Å². The largest absolute Gasteiger partial charge is 0.469 e. The molecule has 0 amide bonds. The van der Waals surface area contributed by atoms with Crippen molar-refractivity contribution in [3.8, 4) is 22.6 Å². The van der Waals surface area contributed by atoms with E-state index >= 15 is 0 Å². The van der Waals surface area contributed by atoms with Crippen molar-refractivity contribution >= 4 is 16.9 Å². The first kappa shape index (κ1) is 18.8. The molecular formula is C21H20FN5O2. The molecule has 0 saturated carbocycles. The molecule has 2 heterocycles. The highest BCUT2D eigenvalue weighted by molar-refractivity contribution is 5.95. The minimum atomic E-state index is -0.282. The number of benzene rings is 2. The lowest BCUT2D eigenvalue weighted by atomic mass is 10.1. The number of methoxy groups -OCH3 is 1. The van der Waals surface area contributed by atoms with Crippen molar-refractivity contribution in [1.29, 1.82) is 0 Å². The topological polar surface area (TPSA) is 96.6 Å². The molecule has 2 aromatic heterocycles. The summed E-state index contributed by atoms with van der Waals surface area (Å²) >= 11 is 0. The molecule has 0 radical (unpaired) electrons. The van der Waals surface area contributed by atoms with Gasteiger partial charge < -0.3 is 9.72 Å². The maximum Gasteiger partial charge on any atom is 0.305 e. The number of fused-ring (bicyclic) bond motifs is 1. The maximum atomic E-state index is 13.2. The van der Waals surface area contributed by atoms with Crippen LogP contribution in [0.25, 0.3) is 33.5 Å². The average Bonchev–Trinajstić information content (AvgIpc) is 3.38. The number of aromatic nitrogens is 5. The average molecular weight is 393 g/mol. The molecule has 0 unspecified atom stereocenters. The smallest absolute Gasteiger partial charge is 0.305 e. The molecule has 8 heteroatoms. The normalized spacial score (nSPS) is 11.1. The zero-order valence-electron chi connectivity index (χ0n) is 15.9. The van der Waals surface area contributed by atoms with Crippen molar-refractivity contribution < 1.29 is 13.9 Å². The zero-order chi connectivity index (χ0) is 20.2. The number of aryl methyl sites for hydroxylation is 1. The van der Waals surface area contributed by atoms with E-state index in [2.05, 4.69) is 30.1 Å². The second kappa shape index (κ2) is 8.22. The van der Waals surface area contributed by atoms with Crippen molar-refractivity contribution in [2.75, 3.05) is 7.11 Å². The van der Waals surface area contributed by atoms with Gasteiger partial charge in [0, 0.05) is 29.4 Å². The van der Waals surface area contributed by atoms with Gasteiger partial charge in [0.2, 0.25) is 0 Å². The van der Waals surface area contributed by atoms with E-state index in [9.17, 15) is 9.18 Å². The molecule has 0 fully saturated rings. The monoisotopic (exact) mass is 393 g/mol. The number of H-pyrrole nitrogens is 2. The second-order valence-corrected chi connectivity index (χ2v) is 6.74. The van der Waals surface area contributed by atoms with Gasteiger partial charge in [-0.25, -0.2) is 4.39 Å². The molecule has 4 rings (SSSR count). The Morgan fingerprint density at radius 3 is 2.66 bits per heavy atom. The highest BCUT2D eigenvalue weighted by Crippen LogP contribution is 2.29. The second-order valence-electron chi connectivity index (χ2n) is 6.74. The van der Waals surface area contributed by atoms with Crippen LogP contribution in [0.5, 0.6) is 0 Å². The zero-order valence-corrected chi connectivity index (χ0v) is 15.9. The minimum Gasteiger partial charge on any atom is -0.469 e. The van der Waals surface area contributed by atoms with Crippen LogP contribution >= 0.6 is 0 Å². The summed E-state index contributed by atoms with van der Waals surface area (Å²) in [4.78, 5) is 14.4. The fraction of sp³-hybridized carbons (Fsp3) is 0.238. The summed E-state index contributed by atoms with van der Waals surface area (Å²) in [6.45, 7) is 0. The molecule has 7 nitrogen and oxygen atoms in total. The highest BCUT2D eigenvalue weighted by Gasteiger charge is 2.12. The summed E-state index contributed by atoms with van der Waals surface area (Å²) in [7, 11) is 1.39. The molecule has 0 spiro atoms. The van der Waals surface area contributed by atoms with Crippen LogP contribution in [0.1, 0.15) is 25.1 Å². The minimum absolute atomic E-state index is 0.200. The predicted molar refractivity (Wildman–Crippen MR) is 106 cm³/mol. The van der Waals surface area contributed by atoms with Crippen molar-refractivity contribution in [1.82, 2.24) is 25.4 Å². The van der Waals surface area contributed by atoms with Gasteiger partial charge in [-0.3, -0.25) is 9.89 Å². The standard InChI is InChI=1S/C21H20FN5O2/c1-29-19(28)5-3-2-4-18-23-21(27-25-18)14-8-11-17-16(12-14)20(26-24-17)13-6-9-15(22)10-7-13/h6-12H,2-5H2,1H3,(H,24,26)(H,23,25,27). The lowest BCUT2D eigenvalue weighted by Gasteiger charge is -2.00. The van der Waals surface area contributed by atoms with Gasteiger partial charge >= 0.3 is 5.97 Å². The summed E-state index contributed by atoms with van der Waals surface area (Å²) in [5.41, 5.74) is 3.36.